The zero-order valence-electron chi connectivity index (χ0n) is 10.2. The fourth-order valence-electron chi connectivity index (χ4n) is 1.26. The van der Waals surface area contributed by atoms with Crippen molar-refractivity contribution < 1.29 is 14.7 Å². The van der Waals surface area contributed by atoms with Crippen LogP contribution in [0.1, 0.15) is 10.4 Å². The molecule has 102 valence electrons. The third-order valence-electron chi connectivity index (χ3n) is 2.15. The first-order valence-electron chi connectivity index (χ1n) is 5.54. The van der Waals surface area contributed by atoms with Crippen molar-refractivity contribution in [2.45, 2.75) is 5.03 Å². The van der Waals surface area contributed by atoms with Gasteiger partial charge in [-0.05, 0) is 18.2 Å². The number of nitrogens with one attached hydrogen (secondary N) is 1. The minimum Gasteiger partial charge on any atom is -0.478 e. The summed E-state index contributed by atoms with van der Waals surface area (Å²) in [5.74, 6) is -0.914. The van der Waals surface area contributed by atoms with Crippen molar-refractivity contribution >= 4 is 29.6 Å². The minimum absolute atomic E-state index is 0.108. The van der Waals surface area contributed by atoms with Crippen molar-refractivity contribution in [3.8, 4) is 0 Å². The van der Waals surface area contributed by atoms with E-state index in [1.165, 1.54) is 36.4 Å². The summed E-state index contributed by atoms with van der Waals surface area (Å²) in [5.41, 5.74) is 0.108. The largest absolute Gasteiger partial charge is 0.478 e. The van der Waals surface area contributed by atoms with Crippen molar-refractivity contribution in [1.82, 2.24) is 15.0 Å². The van der Waals surface area contributed by atoms with Gasteiger partial charge in [0.2, 0.25) is 11.9 Å². The Hall–Kier alpha value is -2.48. The Bertz CT molecular complexity index is 604. The second kappa shape index (κ2) is 6.62. The topological polar surface area (TPSA) is 105 Å². The fourth-order valence-corrected chi connectivity index (χ4v) is 1.90. The molecule has 0 aromatic carbocycles. The van der Waals surface area contributed by atoms with Gasteiger partial charge in [-0.25, -0.2) is 19.7 Å². The molecule has 0 aliphatic heterocycles. The Morgan fingerprint density at radius 1 is 1.20 bits per heavy atom. The summed E-state index contributed by atoms with van der Waals surface area (Å²) >= 11 is 1.20. The molecule has 2 aromatic rings. The second-order valence-electron chi connectivity index (χ2n) is 3.60. The highest BCUT2D eigenvalue weighted by Crippen LogP contribution is 2.15. The molecule has 2 heterocycles. The fraction of sp³-hybridized carbons (Fsp3) is 0.0833. The highest BCUT2D eigenvalue weighted by molar-refractivity contribution is 7.99. The number of carbonyl (C=O) groups is 2. The van der Waals surface area contributed by atoms with Crippen LogP contribution < -0.4 is 5.32 Å². The average molecular weight is 290 g/mol. The van der Waals surface area contributed by atoms with E-state index >= 15 is 0 Å². The monoisotopic (exact) mass is 290 g/mol. The molecule has 0 radical (unpaired) electrons. The van der Waals surface area contributed by atoms with Crippen LogP contribution in [0, 0.1) is 0 Å². The van der Waals surface area contributed by atoms with Gasteiger partial charge in [0.05, 0.1) is 16.3 Å². The van der Waals surface area contributed by atoms with Crippen molar-refractivity contribution in [3.63, 3.8) is 0 Å². The molecule has 1 amide bonds. The molecular weight excluding hydrogens is 280 g/mol. The highest BCUT2D eigenvalue weighted by atomic mass is 32.2. The lowest BCUT2D eigenvalue weighted by atomic mass is 10.3. The molecule has 0 aliphatic rings. The van der Waals surface area contributed by atoms with Gasteiger partial charge in [-0.15, -0.1) is 0 Å². The number of amides is 1. The van der Waals surface area contributed by atoms with Gasteiger partial charge in [-0.3, -0.25) is 10.1 Å². The van der Waals surface area contributed by atoms with Gasteiger partial charge in [0.25, 0.3) is 0 Å². The second-order valence-corrected chi connectivity index (χ2v) is 4.60. The summed E-state index contributed by atoms with van der Waals surface area (Å²) in [5, 5.41) is 11.8. The minimum atomic E-state index is -1.03. The van der Waals surface area contributed by atoms with Crippen LogP contribution in [-0.2, 0) is 4.79 Å². The van der Waals surface area contributed by atoms with Gasteiger partial charge < -0.3 is 5.11 Å². The molecule has 0 spiro atoms. The van der Waals surface area contributed by atoms with Crippen LogP contribution in [0.5, 0.6) is 0 Å². The number of carboxylic acid groups (broad SMARTS) is 1. The van der Waals surface area contributed by atoms with Crippen LogP contribution in [-0.4, -0.2) is 37.7 Å². The Morgan fingerprint density at radius 3 is 2.55 bits per heavy atom. The predicted molar refractivity (Wildman–Crippen MR) is 72.6 cm³/mol. The summed E-state index contributed by atoms with van der Waals surface area (Å²) in [4.78, 5) is 34.0. The number of pyridine rings is 1. The van der Waals surface area contributed by atoms with Gasteiger partial charge in [-0.2, -0.15) is 0 Å². The number of anilines is 1. The Kier molecular flexibility index (Phi) is 4.61. The maximum atomic E-state index is 11.6. The number of aromatic nitrogens is 3. The van der Waals surface area contributed by atoms with Crippen molar-refractivity contribution in [3.05, 3.63) is 42.4 Å². The van der Waals surface area contributed by atoms with E-state index in [-0.39, 0.29) is 23.2 Å². The van der Waals surface area contributed by atoms with Gasteiger partial charge in [-0.1, -0.05) is 11.8 Å². The smallest absolute Gasteiger partial charge is 0.337 e. The molecule has 2 N–H and O–H groups in total. The molecule has 0 aliphatic carbocycles. The summed E-state index contributed by atoms with van der Waals surface area (Å²) < 4.78 is 0. The third kappa shape index (κ3) is 4.02. The lowest BCUT2D eigenvalue weighted by Gasteiger charge is -2.03. The third-order valence-corrected chi connectivity index (χ3v) is 3.10. The standard InChI is InChI=1S/C12H10N4O3S/c17-9(16-12-13-4-1-5-14-12)7-20-10-3-2-8(6-15-10)11(18)19/h1-6H,7H2,(H,18,19)(H,13,14,16,17). The molecule has 0 fully saturated rings. The van der Waals surface area contributed by atoms with Gasteiger partial charge in [0.15, 0.2) is 0 Å². The molecule has 20 heavy (non-hydrogen) atoms. The van der Waals surface area contributed by atoms with E-state index in [2.05, 4.69) is 20.3 Å². The van der Waals surface area contributed by atoms with E-state index < -0.39 is 5.97 Å². The van der Waals surface area contributed by atoms with E-state index in [0.717, 1.165) is 0 Å². The highest BCUT2D eigenvalue weighted by Gasteiger charge is 2.07. The van der Waals surface area contributed by atoms with Crippen LogP contribution in [0.15, 0.2) is 41.8 Å². The van der Waals surface area contributed by atoms with Crippen LogP contribution in [0.3, 0.4) is 0 Å². The maximum absolute atomic E-state index is 11.6. The molecular formula is C12H10N4O3S. The zero-order valence-corrected chi connectivity index (χ0v) is 11.0. The molecule has 0 atom stereocenters. The normalized spacial score (nSPS) is 10.0. The van der Waals surface area contributed by atoms with Crippen LogP contribution in [0.4, 0.5) is 5.95 Å². The summed E-state index contributed by atoms with van der Waals surface area (Å²) in [6, 6.07) is 4.65. The predicted octanol–water partition coefficient (Wildman–Crippen LogP) is 1.30. The van der Waals surface area contributed by atoms with Gasteiger partial charge >= 0.3 is 5.97 Å². The Balaban J connectivity index is 1.85. The van der Waals surface area contributed by atoms with E-state index in [9.17, 15) is 9.59 Å². The van der Waals surface area contributed by atoms with Crippen LogP contribution in [0.2, 0.25) is 0 Å². The number of hydrogen-bond donors (Lipinski definition) is 2. The SMILES string of the molecule is O=C(CSc1ccc(C(=O)O)cn1)Nc1ncccn1. The lowest BCUT2D eigenvalue weighted by Crippen LogP contribution is -2.15. The van der Waals surface area contributed by atoms with Crippen molar-refractivity contribution in [2.75, 3.05) is 11.1 Å². The average Bonchev–Trinajstić information content (AvgIpc) is 2.46. The first-order valence-corrected chi connectivity index (χ1v) is 6.53. The van der Waals surface area contributed by atoms with E-state index in [4.69, 9.17) is 5.11 Å². The molecule has 7 nitrogen and oxygen atoms in total. The summed E-state index contributed by atoms with van der Waals surface area (Å²) in [7, 11) is 0. The molecule has 8 heteroatoms. The number of rotatable bonds is 5. The molecule has 0 saturated heterocycles. The first kappa shape index (κ1) is 13.9. The molecule has 0 bridgehead atoms. The summed E-state index contributed by atoms with van der Waals surface area (Å²) in [6.45, 7) is 0. The summed E-state index contributed by atoms with van der Waals surface area (Å²) in [6.07, 6.45) is 4.31. The number of carboxylic acids is 1. The quantitative estimate of drug-likeness (QED) is 0.799. The molecule has 2 rings (SSSR count). The van der Waals surface area contributed by atoms with Crippen molar-refractivity contribution in [2.24, 2.45) is 0 Å². The molecule has 0 saturated carbocycles. The van der Waals surface area contributed by atoms with Crippen molar-refractivity contribution in [1.29, 1.82) is 0 Å². The number of thioether (sulfide) groups is 1. The number of hydrogen-bond acceptors (Lipinski definition) is 6. The van der Waals surface area contributed by atoms with E-state index in [0.29, 0.717) is 5.03 Å². The Morgan fingerprint density at radius 2 is 1.95 bits per heavy atom. The first-order chi connectivity index (χ1) is 9.65. The Labute approximate surface area is 118 Å². The number of aromatic carboxylic acids is 1. The molecule has 0 unspecified atom stereocenters. The van der Waals surface area contributed by atoms with Gasteiger partial charge in [0, 0.05) is 18.6 Å². The van der Waals surface area contributed by atoms with Crippen LogP contribution in [0.25, 0.3) is 0 Å². The number of nitrogens with zero attached hydrogens (tertiary/aromatic N) is 3. The van der Waals surface area contributed by atoms with E-state index in [1.807, 2.05) is 0 Å². The number of carbonyl (C=O) groups excluding carboxylic acids is 1. The van der Waals surface area contributed by atoms with Gasteiger partial charge in [0.1, 0.15) is 0 Å². The lowest BCUT2D eigenvalue weighted by molar-refractivity contribution is -0.113. The molecule has 2 aromatic heterocycles. The van der Waals surface area contributed by atoms with E-state index in [1.54, 1.807) is 12.1 Å². The zero-order chi connectivity index (χ0) is 14.4. The maximum Gasteiger partial charge on any atom is 0.337 e. The van der Waals surface area contributed by atoms with Crippen LogP contribution >= 0.6 is 11.8 Å².